The van der Waals surface area contributed by atoms with Crippen LogP contribution in [0.3, 0.4) is 0 Å². The van der Waals surface area contributed by atoms with E-state index in [1.165, 1.54) is 0 Å². The minimum atomic E-state index is -0.138. The first-order valence-corrected chi connectivity index (χ1v) is 5.59. The number of nitrogens with one attached hydrogen (secondary N) is 1. The molecule has 0 spiro atoms. The van der Waals surface area contributed by atoms with Crippen LogP contribution in [0.2, 0.25) is 0 Å². The molecule has 0 saturated heterocycles. The first-order valence-electron chi connectivity index (χ1n) is 4.80. The highest BCUT2D eigenvalue weighted by Crippen LogP contribution is 2.20. The standard InChI is InChI=1S/C11H15BrFN/c1-3-4-14-7-9-6-11(13)8(2)5-10(9)12/h5-6,14H,3-4,7H2,1-2H3. The van der Waals surface area contributed by atoms with E-state index >= 15 is 0 Å². The summed E-state index contributed by atoms with van der Waals surface area (Å²) in [4.78, 5) is 0. The van der Waals surface area contributed by atoms with Gasteiger partial charge in [0, 0.05) is 11.0 Å². The van der Waals surface area contributed by atoms with Crippen molar-refractivity contribution in [1.82, 2.24) is 5.32 Å². The predicted molar refractivity (Wildman–Crippen MR) is 60.8 cm³/mol. The molecule has 1 aromatic rings. The van der Waals surface area contributed by atoms with Crippen molar-refractivity contribution in [3.05, 3.63) is 33.5 Å². The van der Waals surface area contributed by atoms with Crippen LogP contribution >= 0.6 is 15.9 Å². The SMILES string of the molecule is CCCNCc1cc(F)c(C)cc1Br. The lowest BCUT2D eigenvalue weighted by atomic mass is 10.1. The zero-order chi connectivity index (χ0) is 10.6. The lowest BCUT2D eigenvalue weighted by Crippen LogP contribution is -2.14. The van der Waals surface area contributed by atoms with Gasteiger partial charge in [-0.15, -0.1) is 0 Å². The molecule has 14 heavy (non-hydrogen) atoms. The van der Waals surface area contributed by atoms with Gasteiger partial charge in [-0.2, -0.15) is 0 Å². The molecule has 0 atom stereocenters. The van der Waals surface area contributed by atoms with E-state index in [9.17, 15) is 4.39 Å². The Morgan fingerprint density at radius 3 is 2.79 bits per heavy atom. The molecule has 1 nitrogen and oxygen atoms in total. The summed E-state index contributed by atoms with van der Waals surface area (Å²) in [6.07, 6.45) is 1.09. The maximum absolute atomic E-state index is 13.2. The van der Waals surface area contributed by atoms with Gasteiger partial charge in [0.25, 0.3) is 0 Å². The van der Waals surface area contributed by atoms with E-state index in [4.69, 9.17) is 0 Å². The normalized spacial score (nSPS) is 10.6. The van der Waals surface area contributed by atoms with Gasteiger partial charge < -0.3 is 5.32 Å². The summed E-state index contributed by atoms with van der Waals surface area (Å²) < 4.78 is 14.2. The fourth-order valence-corrected chi connectivity index (χ4v) is 1.82. The van der Waals surface area contributed by atoms with Gasteiger partial charge in [0.2, 0.25) is 0 Å². The molecule has 0 aliphatic heterocycles. The van der Waals surface area contributed by atoms with E-state index in [1.54, 1.807) is 13.0 Å². The molecule has 0 bridgehead atoms. The van der Waals surface area contributed by atoms with E-state index in [1.807, 2.05) is 6.07 Å². The van der Waals surface area contributed by atoms with Gasteiger partial charge >= 0.3 is 0 Å². The molecule has 78 valence electrons. The van der Waals surface area contributed by atoms with Crippen molar-refractivity contribution in [2.45, 2.75) is 26.8 Å². The van der Waals surface area contributed by atoms with Crippen LogP contribution in [0.4, 0.5) is 4.39 Å². The Bertz CT molecular complexity index is 312. The van der Waals surface area contributed by atoms with Crippen molar-refractivity contribution >= 4 is 15.9 Å². The van der Waals surface area contributed by atoms with Crippen LogP contribution in [-0.4, -0.2) is 6.54 Å². The van der Waals surface area contributed by atoms with Gasteiger partial charge in [0.15, 0.2) is 0 Å². The monoisotopic (exact) mass is 259 g/mol. The van der Waals surface area contributed by atoms with Crippen LogP contribution in [0.5, 0.6) is 0 Å². The maximum Gasteiger partial charge on any atom is 0.126 e. The van der Waals surface area contributed by atoms with Crippen molar-refractivity contribution in [2.75, 3.05) is 6.54 Å². The van der Waals surface area contributed by atoms with Crippen LogP contribution in [0.25, 0.3) is 0 Å². The van der Waals surface area contributed by atoms with Gasteiger partial charge in [-0.1, -0.05) is 22.9 Å². The van der Waals surface area contributed by atoms with Crippen LogP contribution in [0, 0.1) is 12.7 Å². The Morgan fingerprint density at radius 2 is 2.14 bits per heavy atom. The predicted octanol–water partition coefficient (Wildman–Crippen LogP) is 3.40. The average Bonchev–Trinajstić information content (AvgIpc) is 2.14. The number of hydrogen-bond donors (Lipinski definition) is 1. The molecular formula is C11H15BrFN. The first kappa shape index (κ1) is 11.7. The number of hydrogen-bond acceptors (Lipinski definition) is 1. The van der Waals surface area contributed by atoms with Crippen molar-refractivity contribution in [3.8, 4) is 0 Å². The Labute approximate surface area is 92.8 Å². The number of halogens is 2. The molecule has 0 aromatic heterocycles. The van der Waals surface area contributed by atoms with E-state index in [-0.39, 0.29) is 5.82 Å². The van der Waals surface area contributed by atoms with E-state index in [2.05, 4.69) is 28.2 Å². The zero-order valence-corrected chi connectivity index (χ0v) is 10.1. The van der Waals surface area contributed by atoms with Crippen LogP contribution in [0.1, 0.15) is 24.5 Å². The Balaban J connectivity index is 2.72. The zero-order valence-electron chi connectivity index (χ0n) is 8.53. The summed E-state index contributed by atoms with van der Waals surface area (Å²) in [5.41, 5.74) is 1.65. The minimum absolute atomic E-state index is 0.138. The van der Waals surface area contributed by atoms with E-state index in [0.717, 1.165) is 23.0 Å². The molecule has 1 rings (SSSR count). The van der Waals surface area contributed by atoms with Crippen molar-refractivity contribution in [3.63, 3.8) is 0 Å². The summed E-state index contributed by atoms with van der Waals surface area (Å²) in [6, 6.07) is 3.40. The number of aryl methyl sites for hydroxylation is 1. The second-order valence-electron chi connectivity index (χ2n) is 3.37. The van der Waals surface area contributed by atoms with Gasteiger partial charge in [-0.25, -0.2) is 4.39 Å². The fourth-order valence-electron chi connectivity index (χ4n) is 1.22. The summed E-state index contributed by atoms with van der Waals surface area (Å²) in [7, 11) is 0. The lowest BCUT2D eigenvalue weighted by Gasteiger charge is -2.07. The van der Waals surface area contributed by atoms with Gasteiger partial charge in [0.1, 0.15) is 5.82 Å². The average molecular weight is 260 g/mol. The van der Waals surface area contributed by atoms with E-state index < -0.39 is 0 Å². The molecule has 0 unspecified atom stereocenters. The van der Waals surface area contributed by atoms with Crippen molar-refractivity contribution in [2.24, 2.45) is 0 Å². The van der Waals surface area contributed by atoms with Crippen LogP contribution in [0.15, 0.2) is 16.6 Å². The molecule has 0 saturated carbocycles. The molecule has 0 heterocycles. The smallest absolute Gasteiger partial charge is 0.126 e. The highest BCUT2D eigenvalue weighted by molar-refractivity contribution is 9.10. The molecule has 1 N–H and O–H groups in total. The Hall–Kier alpha value is -0.410. The third kappa shape index (κ3) is 3.07. The van der Waals surface area contributed by atoms with Crippen LogP contribution in [-0.2, 0) is 6.54 Å². The highest BCUT2D eigenvalue weighted by Gasteiger charge is 2.04. The first-order chi connectivity index (χ1) is 6.65. The highest BCUT2D eigenvalue weighted by atomic mass is 79.9. The maximum atomic E-state index is 13.2. The third-order valence-electron chi connectivity index (χ3n) is 2.07. The van der Waals surface area contributed by atoms with Crippen molar-refractivity contribution in [1.29, 1.82) is 0 Å². The topological polar surface area (TPSA) is 12.0 Å². The van der Waals surface area contributed by atoms with Crippen molar-refractivity contribution < 1.29 is 4.39 Å². The molecule has 0 amide bonds. The summed E-state index contributed by atoms with van der Waals surface area (Å²) >= 11 is 3.43. The molecule has 1 aromatic carbocycles. The van der Waals surface area contributed by atoms with E-state index in [0.29, 0.717) is 12.1 Å². The van der Waals surface area contributed by atoms with Gasteiger partial charge in [-0.05, 0) is 43.1 Å². The largest absolute Gasteiger partial charge is 0.313 e. The summed E-state index contributed by atoms with van der Waals surface area (Å²) in [5.74, 6) is -0.138. The number of rotatable bonds is 4. The lowest BCUT2D eigenvalue weighted by molar-refractivity contribution is 0.610. The minimum Gasteiger partial charge on any atom is -0.313 e. The third-order valence-corrected chi connectivity index (χ3v) is 2.81. The second kappa shape index (κ2) is 5.47. The molecule has 0 aliphatic carbocycles. The molecule has 0 aliphatic rings. The molecule has 0 radical (unpaired) electrons. The van der Waals surface area contributed by atoms with Gasteiger partial charge in [0.05, 0.1) is 0 Å². The Kier molecular flexibility index (Phi) is 4.55. The second-order valence-corrected chi connectivity index (χ2v) is 4.22. The quantitative estimate of drug-likeness (QED) is 0.818. The van der Waals surface area contributed by atoms with Gasteiger partial charge in [-0.3, -0.25) is 0 Å². The molecular weight excluding hydrogens is 245 g/mol. The fraction of sp³-hybridized carbons (Fsp3) is 0.455. The van der Waals surface area contributed by atoms with Crippen LogP contribution < -0.4 is 5.32 Å². The summed E-state index contributed by atoms with van der Waals surface area (Å²) in [6.45, 7) is 5.55. The number of benzene rings is 1. The summed E-state index contributed by atoms with van der Waals surface area (Å²) in [5, 5.41) is 3.24. The Morgan fingerprint density at radius 1 is 1.43 bits per heavy atom. The molecule has 3 heteroatoms. The molecule has 0 fully saturated rings.